The molecule has 0 spiro atoms. The summed E-state index contributed by atoms with van der Waals surface area (Å²) in [5, 5.41) is 0. The zero-order valence-corrected chi connectivity index (χ0v) is 45.2. The van der Waals surface area contributed by atoms with Crippen LogP contribution >= 0.6 is 90.4 Å². The molecule has 0 N–H and O–H groups in total. The van der Waals surface area contributed by atoms with Crippen LogP contribution in [0.15, 0.2) is 97.1 Å². The van der Waals surface area contributed by atoms with E-state index in [9.17, 15) is 0 Å². The minimum atomic E-state index is -0.284. The summed E-state index contributed by atoms with van der Waals surface area (Å²) in [6.45, 7) is 7.80. The highest BCUT2D eigenvalue weighted by Crippen LogP contribution is 2.12. The molecule has 0 saturated carbocycles. The SMILES string of the molecule is ICc1ccc(CCOCCOCC(COCC(COCCOCCc2ccc(CI)cc2)OCCOCCc2ccc(CI)cc2)OCCOCCc2ccc(CI)cc2)cc1. The minimum Gasteiger partial charge on any atom is -0.379 e. The first kappa shape index (κ1) is 55.0. The predicted molar refractivity (Wildman–Crippen MR) is 287 cm³/mol. The number of halogens is 4. The first-order valence-corrected chi connectivity index (χ1v) is 28.0. The Morgan fingerprint density at radius 2 is 0.476 bits per heavy atom. The standard InChI is InChI=1S/C50H66I4O9/c51-33-45-9-1-41(2-10-45)17-21-55-25-27-59-37-49(62-31-29-57-23-19-43-5-13-47(35-53)14-6-43)39-61-40-50(63-32-30-58-24-20-44-7-15-48(36-54)16-8-44)38-60-28-26-56-22-18-42-3-11-46(34-52)12-4-42/h1-16,49-50H,17-40H2. The van der Waals surface area contributed by atoms with Gasteiger partial charge in [0.05, 0.1) is 106 Å². The third-order valence-electron chi connectivity index (χ3n) is 9.97. The Labute approximate surface area is 431 Å². The highest BCUT2D eigenvalue weighted by atomic mass is 127. The van der Waals surface area contributed by atoms with Crippen molar-refractivity contribution >= 4 is 90.4 Å². The van der Waals surface area contributed by atoms with Crippen molar-refractivity contribution in [3.8, 4) is 0 Å². The molecule has 0 bridgehead atoms. The van der Waals surface area contributed by atoms with Crippen LogP contribution in [0.2, 0.25) is 0 Å². The van der Waals surface area contributed by atoms with Crippen molar-refractivity contribution in [2.24, 2.45) is 0 Å². The fraction of sp³-hybridized carbons (Fsp3) is 0.520. The number of rotatable bonds is 38. The van der Waals surface area contributed by atoms with Crippen LogP contribution in [-0.2, 0) is 86.0 Å². The van der Waals surface area contributed by atoms with E-state index < -0.39 is 0 Å². The quantitative estimate of drug-likeness (QED) is 0.0248. The average Bonchev–Trinajstić information content (AvgIpc) is 3.33. The average molecular weight is 1320 g/mol. The van der Waals surface area contributed by atoms with Crippen LogP contribution in [0.4, 0.5) is 0 Å². The third kappa shape index (κ3) is 26.0. The second-order valence-corrected chi connectivity index (χ2v) is 18.0. The van der Waals surface area contributed by atoms with Crippen LogP contribution in [-0.4, -0.2) is 118 Å². The lowest BCUT2D eigenvalue weighted by Crippen LogP contribution is -2.32. The fourth-order valence-electron chi connectivity index (χ4n) is 6.18. The zero-order chi connectivity index (χ0) is 44.4. The molecular formula is C50H66I4O9. The van der Waals surface area contributed by atoms with Gasteiger partial charge < -0.3 is 42.6 Å². The van der Waals surface area contributed by atoms with E-state index in [4.69, 9.17) is 42.6 Å². The molecule has 2 unspecified atom stereocenters. The molecule has 4 rings (SSSR count). The van der Waals surface area contributed by atoms with Gasteiger partial charge in [0.2, 0.25) is 0 Å². The topological polar surface area (TPSA) is 83.1 Å². The number of hydrogen-bond acceptors (Lipinski definition) is 9. The number of hydrogen-bond donors (Lipinski definition) is 0. The van der Waals surface area contributed by atoms with Crippen LogP contribution in [0.5, 0.6) is 0 Å². The van der Waals surface area contributed by atoms with Gasteiger partial charge in [-0.2, -0.15) is 0 Å². The summed E-state index contributed by atoms with van der Waals surface area (Å²) in [6.07, 6.45) is 2.90. The van der Waals surface area contributed by atoms with Gasteiger partial charge in [0.1, 0.15) is 12.2 Å². The summed E-state index contributed by atoms with van der Waals surface area (Å²) in [5.41, 5.74) is 10.4. The van der Waals surface area contributed by atoms with E-state index in [1.54, 1.807) is 0 Å². The Morgan fingerprint density at radius 3 is 0.746 bits per heavy atom. The Kier molecular flexibility index (Phi) is 31.9. The van der Waals surface area contributed by atoms with E-state index in [0.29, 0.717) is 106 Å². The Balaban J connectivity index is 1.19. The summed E-state index contributed by atoms with van der Waals surface area (Å²) < 4.78 is 58.5. The van der Waals surface area contributed by atoms with Gasteiger partial charge in [-0.25, -0.2) is 0 Å². The maximum atomic E-state index is 6.24. The minimum absolute atomic E-state index is 0.284. The first-order valence-electron chi connectivity index (χ1n) is 21.9. The first-order chi connectivity index (χ1) is 31.1. The van der Waals surface area contributed by atoms with E-state index in [0.717, 1.165) is 43.4 Å². The van der Waals surface area contributed by atoms with E-state index in [2.05, 4.69) is 187 Å². The van der Waals surface area contributed by atoms with Gasteiger partial charge in [-0.15, -0.1) is 0 Å². The van der Waals surface area contributed by atoms with Gasteiger partial charge in [0, 0.05) is 17.7 Å². The molecule has 348 valence electrons. The smallest absolute Gasteiger partial charge is 0.104 e. The van der Waals surface area contributed by atoms with Crippen molar-refractivity contribution in [1.82, 2.24) is 0 Å². The van der Waals surface area contributed by atoms with Gasteiger partial charge in [-0.3, -0.25) is 0 Å². The van der Waals surface area contributed by atoms with E-state index in [1.165, 1.54) is 44.5 Å². The van der Waals surface area contributed by atoms with Crippen molar-refractivity contribution in [3.05, 3.63) is 142 Å². The molecule has 0 heterocycles. The second kappa shape index (κ2) is 36.5. The van der Waals surface area contributed by atoms with Gasteiger partial charge in [-0.1, -0.05) is 187 Å². The Bertz CT molecular complexity index is 1560. The van der Waals surface area contributed by atoms with E-state index >= 15 is 0 Å². The molecule has 0 aromatic heterocycles. The molecule has 0 fully saturated rings. The van der Waals surface area contributed by atoms with Crippen molar-refractivity contribution < 1.29 is 42.6 Å². The van der Waals surface area contributed by atoms with Crippen molar-refractivity contribution in [3.63, 3.8) is 0 Å². The second-order valence-electron chi connectivity index (χ2n) is 14.9. The Hall–Kier alpha value is -0.560. The van der Waals surface area contributed by atoms with Gasteiger partial charge in [-0.05, 0) is 70.2 Å². The lowest BCUT2D eigenvalue weighted by molar-refractivity contribution is -0.108. The molecule has 13 heteroatoms. The summed E-state index contributed by atoms with van der Waals surface area (Å²) in [6, 6.07) is 34.9. The lowest BCUT2D eigenvalue weighted by Gasteiger charge is -2.22. The summed E-state index contributed by atoms with van der Waals surface area (Å²) in [7, 11) is 0. The molecule has 0 aliphatic rings. The molecule has 4 aromatic rings. The molecule has 2 atom stereocenters. The molecular weight excluding hydrogens is 1250 g/mol. The van der Waals surface area contributed by atoms with Crippen LogP contribution in [0, 0.1) is 0 Å². The largest absolute Gasteiger partial charge is 0.379 e. The maximum absolute atomic E-state index is 6.24. The van der Waals surface area contributed by atoms with Crippen LogP contribution in [0.3, 0.4) is 0 Å². The number of ether oxygens (including phenoxy) is 9. The van der Waals surface area contributed by atoms with Crippen LogP contribution in [0.1, 0.15) is 44.5 Å². The molecule has 4 aromatic carbocycles. The van der Waals surface area contributed by atoms with E-state index in [1.807, 2.05) is 0 Å². The van der Waals surface area contributed by atoms with Gasteiger partial charge in [0.25, 0.3) is 0 Å². The molecule has 63 heavy (non-hydrogen) atoms. The van der Waals surface area contributed by atoms with Crippen LogP contribution < -0.4 is 0 Å². The molecule has 0 aliphatic carbocycles. The molecule has 0 saturated heterocycles. The summed E-state index contributed by atoms with van der Waals surface area (Å²) >= 11 is 9.54. The predicted octanol–water partition coefficient (Wildman–Crippen LogP) is 10.6. The van der Waals surface area contributed by atoms with Crippen molar-refractivity contribution in [2.45, 2.75) is 55.6 Å². The number of benzene rings is 4. The normalized spacial score (nSPS) is 12.5. The third-order valence-corrected chi connectivity index (χ3v) is 13.5. The van der Waals surface area contributed by atoms with E-state index in [-0.39, 0.29) is 12.2 Å². The molecule has 0 aliphatic heterocycles. The highest BCUT2D eigenvalue weighted by molar-refractivity contribution is 14.1. The van der Waals surface area contributed by atoms with Gasteiger partial charge >= 0.3 is 0 Å². The van der Waals surface area contributed by atoms with Crippen molar-refractivity contribution in [1.29, 1.82) is 0 Å². The monoisotopic (exact) mass is 1320 g/mol. The summed E-state index contributed by atoms with van der Waals surface area (Å²) in [5.74, 6) is 0. The Morgan fingerprint density at radius 1 is 0.254 bits per heavy atom. The molecule has 0 amide bonds. The molecule has 0 radical (unpaired) electrons. The zero-order valence-electron chi connectivity index (χ0n) is 36.5. The maximum Gasteiger partial charge on any atom is 0.104 e. The van der Waals surface area contributed by atoms with Gasteiger partial charge in [0.15, 0.2) is 0 Å². The highest BCUT2D eigenvalue weighted by Gasteiger charge is 2.15. The summed E-state index contributed by atoms with van der Waals surface area (Å²) in [4.78, 5) is 0. The molecule has 9 nitrogen and oxygen atoms in total. The lowest BCUT2D eigenvalue weighted by atomic mass is 10.1. The van der Waals surface area contributed by atoms with Crippen LogP contribution in [0.25, 0.3) is 0 Å². The number of alkyl halides is 4. The van der Waals surface area contributed by atoms with Crippen molar-refractivity contribution in [2.75, 3.05) is 106 Å². The fourth-order valence-corrected chi connectivity index (χ4v) is 8.21.